The minimum absolute atomic E-state index is 0.154. The summed E-state index contributed by atoms with van der Waals surface area (Å²) in [6.45, 7) is 11.7. The third kappa shape index (κ3) is 6.02. The zero-order valence-corrected chi connectivity index (χ0v) is 21.5. The zero-order valence-electron chi connectivity index (χ0n) is 21.5. The predicted octanol–water partition coefficient (Wildman–Crippen LogP) is 5.14. The molecule has 2 aromatic carbocycles. The van der Waals surface area contributed by atoms with E-state index in [1.807, 2.05) is 65.8 Å². The van der Waals surface area contributed by atoms with Crippen LogP contribution in [0.5, 0.6) is 5.75 Å². The van der Waals surface area contributed by atoms with E-state index in [0.717, 1.165) is 16.7 Å². The Balaban J connectivity index is 1.69. The van der Waals surface area contributed by atoms with E-state index in [4.69, 9.17) is 9.47 Å². The standard InChI is InChI=1S/C28H36N2O5/c1-7-28(8-2)24(32)30(26(33)29-18-21-11-9-19(3)10-12-21)25(28)34-22-15-13-20(14-16-22)17-23(31)35-27(4,5)6/h9-16,25H,7-8,17-18H2,1-6H3,(H,29,33). The van der Waals surface area contributed by atoms with Crippen molar-refractivity contribution < 1.29 is 23.9 Å². The molecular weight excluding hydrogens is 444 g/mol. The normalized spacial score (nSPS) is 16.9. The van der Waals surface area contributed by atoms with Gasteiger partial charge in [0.2, 0.25) is 5.91 Å². The van der Waals surface area contributed by atoms with Crippen LogP contribution in [0.1, 0.15) is 64.2 Å². The molecule has 0 aromatic heterocycles. The first-order chi connectivity index (χ1) is 16.5. The maximum Gasteiger partial charge on any atom is 0.327 e. The van der Waals surface area contributed by atoms with Crippen LogP contribution in [0.15, 0.2) is 48.5 Å². The number of β-lactam (4-membered cyclic amide) rings is 1. The fourth-order valence-electron chi connectivity index (χ4n) is 4.23. The SMILES string of the molecule is CCC1(CC)C(=O)N(C(=O)NCc2ccc(C)cc2)C1Oc1ccc(CC(=O)OC(C)(C)C)cc1. The monoisotopic (exact) mass is 480 g/mol. The van der Waals surface area contributed by atoms with Gasteiger partial charge in [0.1, 0.15) is 16.8 Å². The van der Waals surface area contributed by atoms with Crippen molar-refractivity contribution in [1.82, 2.24) is 10.2 Å². The summed E-state index contributed by atoms with van der Waals surface area (Å²) < 4.78 is 11.6. The molecule has 1 fully saturated rings. The molecule has 0 spiro atoms. The highest BCUT2D eigenvalue weighted by molar-refractivity contribution is 6.03. The number of urea groups is 1. The number of carbonyl (C=O) groups excluding carboxylic acids is 3. The quantitative estimate of drug-likeness (QED) is 0.418. The molecule has 1 heterocycles. The van der Waals surface area contributed by atoms with Crippen molar-refractivity contribution in [2.45, 2.75) is 79.2 Å². The number of hydrogen-bond donors (Lipinski definition) is 1. The number of likely N-dealkylation sites (tertiary alicyclic amines) is 1. The summed E-state index contributed by atoms with van der Waals surface area (Å²) in [6, 6.07) is 14.5. The van der Waals surface area contributed by atoms with Crippen LogP contribution in [-0.2, 0) is 27.3 Å². The van der Waals surface area contributed by atoms with Crippen LogP contribution in [-0.4, -0.2) is 34.6 Å². The Hall–Kier alpha value is -3.35. The van der Waals surface area contributed by atoms with Gasteiger partial charge >= 0.3 is 12.0 Å². The molecule has 7 nitrogen and oxygen atoms in total. The van der Waals surface area contributed by atoms with Crippen molar-refractivity contribution in [3.63, 3.8) is 0 Å². The maximum atomic E-state index is 13.1. The van der Waals surface area contributed by atoms with Crippen LogP contribution in [0.2, 0.25) is 0 Å². The second kappa shape index (κ2) is 10.5. The van der Waals surface area contributed by atoms with E-state index in [1.54, 1.807) is 24.3 Å². The Morgan fingerprint density at radius 1 is 0.971 bits per heavy atom. The van der Waals surface area contributed by atoms with E-state index < -0.39 is 23.3 Å². The van der Waals surface area contributed by atoms with Crippen molar-refractivity contribution in [2.24, 2.45) is 5.41 Å². The summed E-state index contributed by atoms with van der Waals surface area (Å²) in [6.07, 6.45) is 0.567. The van der Waals surface area contributed by atoms with Crippen LogP contribution in [0.25, 0.3) is 0 Å². The second-order valence-electron chi connectivity index (χ2n) is 10.1. The van der Waals surface area contributed by atoms with Crippen LogP contribution < -0.4 is 10.1 Å². The average Bonchev–Trinajstić information content (AvgIpc) is 2.79. The lowest BCUT2D eigenvalue weighted by Crippen LogP contribution is -2.73. The van der Waals surface area contributed by atoms with Gasteiger partial charge in [0.05, 0.1) is 6.42 Å². The van der Waals surface area contributed by atoms with Crippen molar-refractivity contribution in [2.75, 3.05) is 0 Å². The molecule has 188 valence electrons. The first-order valence-corrected chi connectivity index (χ1v) is 12.1. The van der Waals surface area contributed by atoms with Gasteiger partial charge in [0, 0.05) is 6.54 Å². The molecule has 0 bridgehead atoms. The Morgan fingerprint density at radius 2 is 1.54 bits per heavy atom. The summed E-state index contributed by atoms with van der Waals surface area (Å²) in [5.41, 5.74) is 1.59. The number of imide groups is 1. The first-order valence-electron chi connectivity index (χ1n) is 12.1. The summed E-state index contributed by atoms with van der Waals surface area (Å²) in [7, 11) is 0. The van der Waals surface area contributed by atoms with Gasteiger partial charge in [0.15, 0.2) is 6.23 Å². The number of rotatable bonds is 8. The molecule has 3 rings (SSSR count). The zero-order chi connectivity index (χ0) is 25.8. The molecule has 1 atom stereocenters. The Labute approximate surface area is 207 Å². The Morgan fingerprint density at radius 3 is 2.09 bits per heavy atom. The third-order valence-electron chi connectivity index (χ3n) is 6.34. The van der Waals surface area contributed by atoms with E-state index >= 15 is 0 Å². The Kier molecular flexibility index (Phi) is 7.88. The summed E-state index contributed by atoms with van der Waals surface area (Å²) in [5.74, 6) is -0.00309. The Bertz CT molecular complexity index is 1050. The van der Waals surface area contributed by atoms with E-state index in [2.05, 4.69) is 5.32 Å². The molecule has 0 aliphatic carbocycles. The number of hydrogen-bond acceptors (Lipinski definition) is 5. The molecule has 1 aliphatic heterocycles. The molecule has 1 saturated heterocycles. The topological polar surface area (TPSA) is 84.9 Å². The molecule has 1 unspecified atom stereocenters. The highest BCUT2D eigenvalue weighted by atomic mass is 16.6. The number of ether oxygens (including phenoxy) is 2. The minimum atomic E-state index is -0.754. The number of aryl methyl sites for hydroxylation is 1. The van der Waals surface area contributed by atoms with Crippen molar-refractivity contribution >= 4 is 17.9 Å². The molecule has 1 N–H and O–H groups in total. The summed E-state index contributed by atoms with van der Waals surface area (Å²) in [4.78, 5) is 39.3. The molecule has 3 amide bonds. The van der Waals surface area contributed by atoms with Crippen molar-refractivity contribution in [3.8, 4) is 5.75 Å². The number of esters is 1. The summed E-state index contributed by atoms with van der Waals surface area (Å²) in [5, 5.41) is 2.84. The van der Waals surface area contributed by atoms with E-state index in [0.29, 0.717) is 25.1 Å². The lowest BCUT2D eigenvalue weighted by atomic mass is 9.72. The van der Waals surface area contributed by atoms with Gasteiger partial charge in [-0.15, -0.1) is 0 Å². The van der Waals surface area contributed by atoms with Gasteiger partial charge in [-0.25, -0.2) is 9.69 Å². The summed E-state index contributed by atoms with van der Waals surface area (Å²) >= 11 is 0. The van der Waals surface area contributed by atoms with Crippen LogP contribution in [0.3, 0.4) is 0 Å². The van der Waals surface area contributed by atoms with Crippen LogP contribution >= 0.6 is 0 Å². The maximum absolute atomic E-state index is 13.1. The largest absolute Gasteiger partial charge is 0.469 e. The van der Waals surface area contributed by atoms with Gasteiger partial charge in [-0.1, -0.05) is 55.8 Å². The third-order valence-corrected chi connectivity index (χ3v) is 6.34. The number of benzene rings is 2. The number of nitrogens with zero attached hydrogens (tertiary/aromatic N) is 1. The second-order valence-corrected chi connectivity index (χ2v) is 10.1. The van der Waals surface area contributed by atoms with E-state index in [9.17, 15) is 14.4 Å². The van der Waals surface area contributed by atoms with E-state index in [-0.39, 0.29) is 18.3 Å². The lowest BCUT2D eigenvalue weighted by molar-refractivity contribution is -0.190. The molecule has 1 aliphatic rings. The molecule has 2 aromatic rings. The molecular formula is C28H36N2O5. The van der Waals surface area contributed by atoms with Gasteiger partial charge in [-0.05, 0) is 63.8 Å². The number of carbonyl (C=O) groups is 3. The molecule has 35 heavy (non-hydrogen) atoms. The van der Waals surface area contributed by atoms with Crippen molar-refractivity contribution in [1.29, 1.82) is 0 Å². The lowest BCUT2D eigenvalue weighted by Gasteiger charge is -2.53. The fourth-order valence-corrected chi connectivity index (χ4v) is 4.23. The fraction of sp³-hybridized carbons (Fsp3) is 0.464. The van der Waals surface area contributed by atoms with Gasteiger partial charge in [0.25, 0.3) is 0 Å². The van der Waals surface area contributed by atoms with Gasteiger partial charge in [-0.2, -0.15) is 0 Å². The predicted molar refractivity (Wildman–Crippen MR) is 134 cm³/mol. The minimum Gasteiger partial charge on any atom is -0.469 e. The highest BCUT2D eigenvalue weighted by Crippen LogP contribution is 2.46. The van der Waals surface area contributed by atoms with Gasteiger partial charge < -0.3 is 14.8 Å². The van der Waals surface area contributed by atoms with E-state index in [1.165, 1.54) is 4.90 Å². The number of amides is 3. The smallest absolute Gasteiger partial charge is 0.327 e. The average molecular weight is 481 g/mol. The highest BCUT2D eigenvalue weighted by Gasteiger charge is 2.62. The van der Waals surface area contributed by atoms with Gasteiger partial charge in [-0.3, -0.25) is 9.59 Å². The molecule has 7 heteroatoms. The van der Waals surface area contributed by atoms with Crippen LogP contribution in [0, 0.1) is 12.3 Å². The molecule has 0 radical (unpaired) electrons. The number of nitrogens with one attached hydrogen (secondary N) is 1. The van der Waals surface area contributed by atoms with Crippen LogP contribution in [0.4, 0.5) is 4.79 Å². The van der Waals surface area contributed by atoms with Crippen molar-refractivity contribution in [3.05, 3.63) is 65.2 Å². The first kappa shape index (κ1) is 26.3. The molecule has 0 saturated carbocycles.